The maximum atomic E-state index is 12.6. The molecule has 12 nitrogen and oxygen atoms in total. The number of sulfonamides is 1. The zero-order valence-corrected chi connectivity index (χ0v) is 20.7. The van der Waals surface area contributed by atoms with Crippen molar-refractivity contribution >= 4 is 27.9 Å². The lowest BCUT2D eigenvalue weighted by molar-refractivity contribution is -0.142. The maximum absolute atomic E-state index is 12.6. The molecule has 0 aromatic heterocycles. The number of amides is 3. The molecule has 0 fully saturated rings. The number of esters is 1. The van der Waals surface area contributed by atoms with E-state index in [1.807, 2.05) is 30.3 Å². The number of nitrogens with one attached hydrogen (secondary N) is 4. The maximum Gasteiger partial charge on any atom is 0.328 e. The third-order valence-electron chi connectivity index (χ3n) is 5.12. The molecule has 2 aromatic carbocycles. The van der Waals surface area contributed by atoms with Gasteiger partial charge in [-0.05, 0) is 42.7 Å². The quantitative estimate of drug-likeness (QED) is 0.111. The second kappa shape index (κ2) is 14.0. The SMILES string of the molecule is COC(=O)[C@@H](Cc1ccccc1)NC(=O)NCCC[C@@H](NS(=O)(=O)c1ccc(OC)cc1)C(=O)NO. The van der Waals surface area contributed by atoms with Gasteiger partial charge in [0.25, 0.3) is 5.91 Å². The van der Waals surface area contributed by atoms with Gasteiger partial charge in [0.1, 0.15) is 17.8 Å². The van der Waals surface area contributed by atoms with Gasteiger partial charge in [-0.3, -0.25) is 10.0 Å². The van der Waals surface area contributed by atoms with Crippen LogP contribution in [0.2, 0.25) is 0 Å². The van der Waals surface area contributed by atoms with E-state index in [4.69, 9.17) is 14.7 Å². The lowest BCUT2D eigenvalue weighted by Crippen LogP contribution is -2.48. The first-order valence-corrected chi connectivity index (χ1v) is 12.4. The fourth-order valence-corrected chi connectivity index (χ4v) is 4.46. The summed E-state index contributed by atoms with van der Waals surface area (Å²) in [7, 11) is -1.42. The topological polar surface area (TPSA) is 172 Å². The number of carbonyl (C=O) groups excluding carboxylic acids is 3. The molecule has 0 radical (unpaired) electrons. The minimum Gasteiger partial charge on any atom is -0.497 e. The average molecular weight is 523 g/mol. The van der Waals surface area contributed by atoms with E-state index in [-0.39, 0.29) is 30.7 Å². The molecule has 36 heavy (non-hydrogen) atoms. The highest BCUT2D eigenvalue weighted by atomic mass is 32.2. The fourth-order valence-electron chi connectivity index (χ4n) is 3.23. The normalized spacial score (nSPS) is 12.6. The van der Waals surface area contributed by atoms with Gasteiger partial charge in [0.05, 0.1) is 19.1 Å². The minimum absolute atomic E-state index is 0.0352. The Morgan fingerprint density at radius 1 is 0.972 bits per heavy atom. The van der Waals surface area contributed by atoms with E-state index >= 15 is 0 Å². The van der Waals surface area contributed by atoms with Crippen LogP contribution in [-0.4, -0.2) is 64.4 Å². The Morgan fingerprint density at radius 2 is 1.64 bits per heavy atom. The van der Waals surface area contributed by atoms with E-state index in [2.05, 4.69) is 15.4 Å². The first-order chi connectivity index (χ1) is 17.2. The van der Waals surface area contributed by atoms with Crippen molar-refractivity contribution in [3.05, 3.63) is 60.2 Å². The summed E-state index contributed by atoms with van der Waals surface area (Å²) in [5.74, 6) is -1.10. The molecule has 0 heterocycles. The van der Waals surface area contributed by atoms with Crippen LogP contribution >= 0.6 is 0 Å². The van der Waals surface area contributed by atoms with Crippen LogP contribution in [-0.2, 0) is 30.8 Å². The number of hydrogen-bond donors (Lipinski definition) is 5. The molecule has 2 atom stereocenters. The zero-order chi connectivity index (χ0) is 26.6. The molecular formula is C23H30N4O8S. The number of hydroxylamine groups is 1. The van der Waals surface area contributed by atoms with Crippen molar-refractivity contribution in [3.8, 4) is 5.75 Å². The van der Waals surface area contributed by atoms with Crippen LogP contribution in [0.1, 0.15) is 18.4 Å². The number of ether oxygens (including phenoxy) is 2. The second-order valence-corrected chi connectivity index (χ2v) is 9.35. The van der Waals surface area contributed by atoms with Crippen LogP contribution in [0, 0.1) is 0 Å². The number of methoxy groups -OCH3 is 2. The Morgan fingerprint density at radius 3 is 2.22 bits per heavy atom. The highest BCUT2D eigenvalue weighted by Crippen LogP contribution is 2.16. The third-order valence-corrected chi connectivity index (χ3v) is 6.61. The van der Waals surface area contributed by atoms with Gasteiger partial charge in [0, 0.05) is 13.0 Å². The summed E-state index contributed by atoms with van der Waals surface area (Å²) in [4.78, 5) is 36.3. The van der Waals surface area contributed by atoms with Gasteiger partial charge in [-0.1, -0.05) is 30.3 Å². The molecule has 0 spiro atoms. The molecule has 0 aliphatic carbocycles. The zero-order valence-electron chi connectivity index (χ0n) is 19.9. The van der Waals surface area contributed by atoms with Crippen LogP contribution in [0.25, 0.3) is 0 Å². The Bertz CT molecular complexity index is 1110. The molecule has 5 N–H and O–H groups in total. The predicted molar refractivity (Wildman–Crippen MR) is 129 cm³/mol. The number of carbonyl (C=O) groups is 3. The number of urea groups is 1. The average Bonchev–Trinajstić information content (AvgIpc) is 2.89. The molecule has 13 heteroatoms. The summed E-state index contributed by atoms with van der Waals surface area (Å²) in [6, 6.07) is 11.8. The lowest BCUT2D eigenvalue weighted by atomic mass is 10.1. The monoisotopic (exact) mass is 522 g/mol. The van der Waals surface area contributed by atoms with Crippen LogP contribution < -0.4 is 25.6 Å². The summed E-state index contributed by atoms with van der Waals surface area (Å²) < 4.78 is 37.3. The van der Waals surface area contributed by atoms with Crippen molar-refractivity contribution in [3.63, 3.8) is 0 Å². The predicted octanol–water partition coefficient (Wildman–Crippen LogP) is 0.711. The Balaban J connectivity index is 1.90. The molecule has 0 bridgehead atoms. The molecule has 0 saturated heterocycles. The van der Waals surface area contributed by atoms with E-state index in [1.54, 1.807) is 0 Å². The molecule has 3 amide bonds. The van der Waals surface area contributed by atoms with Crippen molar-refractivity contribution in [1.29, 1.82) is 0 Å². The highest BCUT2D eigenvalue weighted by Gasteiger charge is 2.26. The molecular weight excluding hydrogens is 492 g/mol. The van der Waals surface area contributed by atoms with Gasteiger partial charge in [-0.25, -0.2) is 23.5 Å². The van der Waals surface area contributed by atoms with Crippen molar-refractivity contribution in [2.45, 2.75) is 36.2 Å². The largest absolute Gasteiger partial charge is 0.497 e. The summed E-state index contributed by atoms with van der Waals surface area (Å²) in [6.45, 7) is 0.0601. The second-order valence-electron chi connectivity index (χ2n) is 7.63. The van der Waals surface area contributed by atoms with Crippen LogP contribution in [0.3, 0.4) is 0 Å². The van der Waals surface area contributed by atoms with Crippen molar-refractivity contribution in [2.75, 3.05) is 20.8 Å². The van der Waals surface area contributed by atoms with E-state index in [0.717, 1.165) is 5.56 Å². The van der Waals surface area contributed by atoms with Gasteiger partial charge in [0.2, 0.25) is 10.0 Å². The first kappa shape index (κ1) is 28.6. The summed E-state index contributed by atoms with van der Waals surface area (Å²) in [5, 5.41) is 14.1. The van der Waals surface area contributed by atoms with Gasteiger partial charge in [-0.15, -0.1) is 0 Å². The molecule has 0 saturated carbocycles. The Hall–Kier alpha value is -3.68. The number of hydrogen-bond acceptors (Lipinski definition) is 8. The van der Waals surface area contributed by atoms with E-state index in [9.17, 15) is 22.8 Å². The summed E-state index contributed by atoms with van der Waals surface area (Å²) in [6.07, 6.45) is 0.373. The number of benzene rings is 2. The molecule has 0 aliphatic heterocycles. The molecule has 0 unspecified atom stereocenters. The lowest BCUT2D eigenvalue weighted by Gasteiger charge is -2.18. The summed E-state index contributed by atoms with van der Waals surface area (Å²) in [5.41, 5.74) is 2.27. The van der Waals surface area contributed by atoms with Gasteiger partial charge in [0.15, 0.2) is 0 Å². The first-order valence-electron chi connectivity index (χ1n) is 11.0. The molecule has 2 aromatic rings. The number of rotatable bonds is 13. The third kappa shape index (κ3) is 8.83. The Kier molecular flexibility index (Phi) is 11.1. The van der Waals surface area contributed by atoms with Crippen molar-refractivity contribution < 1.29 is 37.5 Å². The smallest absolute Gasteiger partial charge is 0.328 e. The Labute approximate surface area is 209 Å². The standard InChI is InChI=1S/C23H30N4O8S/c1-34-17-10-12-18(13-11-17)36(32,33)27-19(21(28)26-31)9-6-14-24-23(30)25-20(22(29)35-2)15-16-7-4-3-5-8-16/h3-5,7-8,10-13,19-20,27,31H,6,9,14-15H2,1-2H3,(H,26,28)(H2,24,25,30)/t19-,20-/m1/s1. The molecule has 0 aliphatic rings. The summed E-state index contributed by atoms with van der Waals surface area (Å²) >= 11 is 0. The molecule has 2 rings (SSSR count). The van der Waals surface area contributed by atoms with Gasteiger partial charge >= 0.3 is 12.0 Å². The van der Waals surface area contributed by atoms with E-state index in [0.29, 0.717) is 5.75 Å². The van der Waals surface area contributed by atoms with E-state index < -0.39 is 40.0 Å². The van der Waals surface area contributed by atoms with Crippen molar-refractivity contribution in [1.82, 2.24) is 20.8 Å². The highest BCUT2D eigenvalue weighted by molar-refractivity contribution is 7.89. The van der Waals surface area contributed by atoms with Crippen molar-refractivity contribution in [2.24, 2.45) is 0 Å². The van der Waals surface area contributed by atoms with Gasteiger partial charge < -0.3 is 20.1 Å². The van der Waals surface area contributed by atoms with Crippen LogP contribution in [0.15, 0.2) is 59.5 Å². The van der Waals surface area contributed by atoms with E-state index in [1.165, 1.54) is 44.0 Å². The fraction of sp³-hybridized carbons (Fsp3) is 0.348. The minimum atomic E-state index is -4.08. The van der Waals surface area contributed by atoms with Gasteiger partial charge in [-0.2, -0.15) is 4.72 Å². The van der Waals surface area contributed by atoms with Crippen LogP contribution in [0.4, 0.5) is 4.79 Å². The van der Waals surface area contributed by atoms with Crippen LogP contribution in [0.5, 0.6) is 5.75 Å². The molecule has 196 valence electrons.